The van der Waals surface area contributed by atoms with Gasteiger partial charge < -0.3 is 5.21 Å². The molecule has 108 valence electrons. The maximum absolute atomic E-state index is 12.2. The maximum atomic E-state index is 12.2. The van der Waals surface area contributed by atoms with E-state index in [0.717, 1.165) is 10.6 Å². The molecule has 0 aliphatic heterocycles. The van der Waals surface area contributed by atoms with Crippen molar-refractivity contribution in [3.05, 3.63) is 29.8 Å². The maximum Gasteiger partial charge on any atom is 0.240 e. The first-order chi connectivity index (χ1) is 8.72. The van der Waals surface area contributed by atoms with Crippen LogP contribution in [0.1, 0.15) is 19.4 Å². The van der Waals surface area contributed by atoms with Crippen molar-refractivity contribution in [2.24, 2.45) is 5.92 Å². The summed E-state index contributed by atoms with van der Waals surface area (Å²) >= 11 is 0. The Bertz CT molecular complexity index is 495. The van der Waals surface area contributed by atoms with Crippen LogP contribution in [-0.2, 0) is 10.0 Å². The molecule has 5 nitrogen and oxygen atoms in total. The summed E-state index contributed by atoms with van der Waals surface area (Å²) in [6.45, 7) is 5.96. The van der Waals surface area contributed by atoms with Crippen LogP contribution in [0.5, 0.6) is 0 Å². The number of sulfonamides is 1. The Hall–Kier alpha value is -0.950. The lowest BCUT2D eigenvalue weighted by atomic mass is 10.1. The molecule has 0 radical (unpaired) electrons. The Morgan fingerprint density at radius 1 is 1.26 bits per heavy atom. The van der Waals surface area contributed by atoms with Gasteiger partial charge in [-0.05, 0) is 25.0 Å². The molecule has 0 amide bonds. The molecule has 2 N–H and O–H groups in total. The van der Waals surface area contributed by atoms with E-state index in [9.17, 15) is 13.6 Å². The van der Waals surface area contributed by atoms with Gasteiger partial charge in [-0.25, -0.2) is 13.1 Å². The first-order valence-corrected chi connectivity index (χ1v) is 7.69. The van der Waals surface area contributed by atoms with Crippen molar-refractivity contribution >= 4 is 10.0 Å². The highest BCUT2D eigenvalue weighted by atomic mass is 32.2. The molecule has 19 heavy (non-hydrogen) atoms. The molecule has 0 spiro atoms. The predicted octanol–water partition coefficient (Wildman–Crippen LogP) is 1.62. The molecule has 0 heterocycles. The fourth-order valence-electron chi connectivity index (χ4n) is 1.65. The van der Waals surface area contributed by atoms with Gasteiger partial charge in [0.15, 0.2) is 0 Å². The fraction of sp³-hybridized carbons (Fsp3) is 0.538. The van der Waals surface area contributed by atoms with Crippen LogP contribution in [0.15, 0.2) is 29.2 Å². The van der Waals surface area contributed by atoms with E-state index in [-0.39, 0.29) is 23.4 Å². The first-order valence-electron chi connectivity index (χ1n) is 6.21. The van der Waals surface area contributed by atoms with E-state index >= 15 is 0 Å². The van der Waals surface area contributed by atoms with Crippen molar-refractivity contribution in [1.29, 1.82) is 0 Å². The van der Waals surface area contributed by atoms with Crippen LogP contribution in [0.2, 0.25) is 0 Å². The Labute approximate surface area is 115 Å². The Kier molecular flexibility index (Phi) is 5.49. The average molecular weight is 286 g/mol. The molecule has 0 aromatic heterocycles. The number of nitrogens with zero attached hydrogens (tertiary/aromatic N) is 1. The molecular formula is C13H22N2O3S. The van der Waals surface area contributed by atoms with E-state index in [0.29, 0.717) is 0 Å². The van der Waals surface area contributed by atoms with Gasteiger partial charge in [-0.15, -0.1) is 0 Å². The summed E-state index contributed by atoms with van der Waals surface area (Å²) in [6.07, 6.45) is 0. The molecule has 1 unspecified atom stereocenters. The van der Waals surface area contributed by atoms with Gasteiger partial charge >= 0.3 is 0 Å². The smallest absolute Gasteiger partial charge is 0.240 e. The largest absolute Gasteiger partial charge is 0.314 e. The third kappa shape index (κ3) is 4.91. The van der Waals surface area contributed by atoms with Gasteiger partial charge in [-0.1, -0.05) is 31.5 Å². The van der Waals surface area contributed by atoms with Gasteiger partial charge in [0.25, 0.3) is 0 Å². The van der Waals surface area contributed by atoms with Crippen LogP contribution in [0.25, 0.3) is 0 Å². The number of rotatable bonds is 6. The minimum absolute atomic E-state index is 0.0785. The number of hydrogen-bond acceptors (Lipinski definition) is 4. The van der Waals surface area contributed by atoms with Crippen molar-refractivity contribution in [3.8, 4) is 0 Å². The first kappa shape index (κ1) is 16.1. The van der Waals surface area contributed by atoms with Gasteiger partial charge in [0.1, 0.15) is 0 Å². The molecule has 1 aromatic rings. The molecular weight excluding hydrogens is 264 g/mol. The number of hydroxylamine groups is 2. The lowest BCUT2D eigenvalue weighted by Gasteiger charge is -2.24. The Balaban J connectivity index is 2.90. The molecule has 1 rings (SSSR count). The summed E-state index contributed by atoms with van der Waals surface area (Å²) in [5.74, 6) is 0.0785. The second kappa shape index (κ2) is 6.47. The third-order valence-corrected chi connectivity index (χ3v) is 4.41. The van der Waals surface area contributed by atoms with Gasteiger partial charge in [-0.2, -0.15) is 5.06 Å². The highest BCUT2D eigenvalue weighted by Gasteiger charge is 2.23. The van der Waals surface area contributed by atoms with Crippen LogP contribution < -0.4 is 4.72 Å². The lowest BCUT2D eigenvalue weighted by molar-refractivity contribution is -0.0725. The second-order valence-electron chi connectivity index (χ2n) is 5.13. The van der Waals surface area contributed by atoms with E-state index in [4.69, 9.17) is 0 Å². The van der Waals surface area contributed by atoms with Crippen molar-refractivity contribution < 1.29 is 13.6 Å². The molecule has 1 atom stereocenters. The number of benzene rings is 1. The molecule has 0 bridgehead atoms. The Morgan fingerprint density at radius 3 is 2.21 bits per heavy atom. The van der Waals surface area contributed by atoms with Crippen LogP contribution in [0.3, 0.4) is 0 Å². The lowest BCUT2D eigenvalue weighted by Crippen LogP contribution is -2.45. The Morgan fingerprint density at radius 2 is 1.79 bits per heavy atom. The van der Waals surface area contributed by atoms with Crippen LogP contribution >= 0.6 is 0 Å². The average Bonchev–Trinajstić information content (AvgIpc) is 2.27. The molecule has 6 heteroatoms. The zero-order valence-corrected chi connectivity index (χ0v) is 12.6. The van der Waals surface area contributed by atoms with Gasteiger partial charge in [0, 0.05) is 19.6 Å². The number of aryl methyl sites for hydroxylation is 1. The molecule has 0 fully saturated rings. The van der Waals surface area contributed by atoms with Crippen LogP contribution in [-0.4, -0.2) is 38.3 Å². The fourth-order valence-corrected chi connectivity index (χ4v) is 3.03. The summed E-state index contributed by atoms with van der Waals surface area (Å²) < 4.78 is 27.1. The quantitative estimate of drug-likeness (QED) is 0.780. The predicted molar refractivity (Wildman–Crippen MR) is 74.5 cm³/mol. The normalized spacial score (nSPS) is 14.1. The van der Waals surface area contributed by atoms with Gasteiger partial charge in [0.05, 0.1) is 4.90 Å². The van der Waals surface area contributed by atoms with E-state index in [1.807, 2.05) is 20.8 Å². The van der Waals surface area contributed by atoms with Crippen LogP contribution in [0.4, 0.5) is 0 Å². The van der Waals surface area contributed by atoms with Crippen molar-refractivity contribution in [2.75, 3.05) is 13.6 Å². The summed E-state index contributed by atoms with van der Waals surface area (Å²) in [7, 11) is -2.06. The zero-order chi connectivity index (χ0) is 14.6. The van der Waals surface area contributed by atoms with E-state index in [1.54, 1.807) is 24.3 Å². The van der Waals surface area contributed by atoms with Crippen molar-refractivity contribution in [1.82, 2.24) is 9.79 Å². The molecule has 0 saturated carbocycles. The highest BCUT2D eigenvalue weighted by molar-refractivity contribution is 7.89. The van der Waals surface area contributed by atoms with E-state index < -0.39 is 10.0 Å². The summed E-state index contributed by atoms with van der Waals surface area (Å²) in [5, 5.41) is 10.3. The molecule has 0 aliphatic carbocycles. The summed E-state index contributed by atoms with van der Waals surface area (Å²) in [4.78, 5) is 0.240. The summed E-state index contributed by atoms with van der Waals surface area (Å²) in [5.41, 5.74) is 1.01. The van der Waals surface area contributed by atoms with E-state index in [2.05, 4.69) is 4.72 Å². The minimum atomic E-state index is -3.55. The monoisotopic (exact) mass is 286 g/mol. The zero-order valence-electron chi connectivity index (χ0n) is 11.8. The van der Waals surface area contributed by atoms with Crippen molar-refractivity contribution in [3.63, 3.8) is 0 Å². The molecule has 0 saturated heterocycles. The standard InChI is InChI=1S/C13H22N2O3S/c1-10(2)13(9-15(4)16)14-19(17,18)12-7-5-11(3)6-8-12/h5-8,10,13-14,16H,9H2,1-4H3. The minimum Gasteiger partial charge on any atom is -0.314 e. The molecule has 0 aliphatic rings. The SMILES string of the molecule is Cc1ccc(S(=O)(=O)NC(CN(C)O)C(C)C)cc1. The number of nitrogens with one attached hydrogen (secondary N) is 1. The molecule has 1 aromatic carbocycles. The van der Waals surface area contributed by atoms with E-state index in [1.165, 1.54) is 7.05 Å². The topological polar surface area (TPSA) is 69.6 Å². The highest BCUT2D eigenvalue weighted by Crippen LogP contribution is 2.13. The number of hydrogen-bond donors (Lipinski definition) is 2. The number of likely N-dealkylation sites (N-methyl/N-ethyl adjacent to an activating group) is 1. The second-order valence-corrected chi connectivity index (χ2v) is 6.84. The van der Waals surface area contributed by atoms with Crippen LogP contribution in [0, 0.1) is 12.8 Å². The summed E-state index contributed by atoms with van der Waals surface area (Å²) in [6, 6.07) is 6.34. The van der Waals surface area contributed by atoms with Crippen molar-refractivity contribution in [2.45, 2.75) is 31.7 Å². The van der Waals surface area contributed by atoms with Gasteiger partial charge in [-0.3, -0.25) is 0 Å². The third-order valence-electron chi connectivity index (χ3n) is 2.90. The van der Waals surface area contributed by atoms with Gasteiger partial charge in [0.2, 0.25) is 10.0 Å².